The maximum atomic E-state index is 14.0. The third kappa shape index (κ3) is 41.9. The first-order chi connectivity index (χ1) is 61.2. The third-order valence-electron chi connectivity index (χ3n) is 17.8. The van der Waals surface area contributed by atoms with Gasteiger partial charge in [-0.2, -0.15) is 26.3 Å². The average Bonchev–Trinajstić information content (AvgIpc) is 0.803. The van der Waals surface area contributed by atoms with E-state index in [2.05, 4.69) is 92.2 Å². The number of halogens is 7. The third-order valence-corrected chi connectivity index (χ3v) is 21.8. The van der Waals surface area contributed by atoms with Crippen molar-refractivity contribution >= 4 is 121 Å². The molecule has 131 heavy (non-hydrogen) atoms. The number of benzene rings is 4. The summed E-state index contributed by atoms with van der Waals surface area (Å²) in [6.45, 7) is 37.8. The molecule has 6 heterocycles. The highest BCUT2D eigenvalue weighted by Gasteiger charge is 2.37. The van der Waals surface area contributed by atoms with Crippen molar-refractivity contribution in [1.29, 1.82) is 0 Å². The Morgan fingerprint density at radius 1 is 0.458 bits per heavy atom. The lowest BCUT2D eigenvalue weighted by atomic mass is 10.0. The van der Waals surface area contributed by atoms with Gasteiger partial charge >= 0.3 is 46.8 Å². The SMILES string of the molecule is C.CC(C)(C)OC(=O)Nc1cnc(CBr)cn1.CCOP(=O)(Cc1cnc(NC(=O)OC(C)(C)C)cn1)OCC.CCOP(OCC)OCC.Cc1ccc(NC(=O)c2ccc(CN3CCN(C)CC3)c(C(F)(F)F)c2)cc1/C=C/c1cnc(N)cn1.Cc1ccc(NC(=O)c2ccc(CN3CCN(C)CC3)c(C(F)(F)F)c2)cc1/C=C/c1cnc(NC(=O)OC(C)(C)C)cn1. The van der Waals surface area contributed by atoms with Crippen LogP contribution in [0.1, 0.15) is 192 Å². The van der Waals surface area contributed by atoms with E-state index in [4.69, 9.17) is 42.6 Å². The largest absolute Gasteiger partial charge is 0.444 e. The molecule has 8 aromatic rings. The number of nitrogens with one attached hydrogen (secondary N) is 5. The van der Waals surface area contributed by atoms with Crippen molar-refractivity contribution in [2.45, 2.75) is 172 Å². The molecule has 41 heteroatoms. The number of rotatable bonds is 28. The fraction of sp³-hybridized carbons (Fsp3) is 0.456. The van der Waals surface area contributed by atoms with E-state index >= 15 is 0 Å². The Bertz CT molecular complexity index is 5020. The second-order valence-corrected chi connectivity index (χ2v) is 36.0. The molecule has 32 nitrogen and oxygen atoms in total. The van der Waals surface area contributed by atoms with Gasteiger partial charge in [0.2, 0.25) is 0 Å². The number of carbonyl (C=O) groups is 5. The summed E-state index contributed by atoms with van der Waals surface area (Å²) in [4.78, 5) is 102. The van der Waals surface area contributed by atoms with Gasteiger partial charge in [-0.15, -0.1) is 0 Å². The number of anilines is 6. The van der Waals surface area contributed by atoms with Crippen LogP contribution in [0.25, 0.3) is 24.3 Å². The van der Waals surface area contributed by atoms with Crippen LogP contribution < -0.4 is 32.3 Å². The van der Waals surface area contributed by atoms with Crippen molar-refractivity contribution in [1.82, 2.24) is 59.5 Å². The number of hydrogen-bond acceptors (Lipinski definition) is 27. The number of likely N-dealkylation sites (N-methyl/N-ethyl adjacent to an activating group) is 2. The number of alkyl halides is 7. The smallest absolute Gasteiger partial charge is 0.416 e. The molecule has 2 fully saturated rings. The van der Waals surface area contributed by atoms with Gasteiger partial charge in [0.1, 0.15) is 22.6 Å². The van der Waals surface area contributed by atoms with Gasteiger partial charge in [-0.05, 0) is 219 Å². The van der Waals surface area contributed by atoms with E-state index in [1.165, 1.54) is 61.4 Å². The number of nitrogen functional groups attached to an aromatic ring is 1. The minimum absolute atomic E-state index is 0. The van der Waals surface area contributed by atoms with Crippen LogP contribution in [-0.4, -0.2) is 206 Å². The Labute approximate surface area is 772 Å². The maximum absolute atomic E-state index is 14.0. The van der Waals surface area contributed by atoms with Crippen molar-refractivity contribution in [2.75, 3.05) is 132 Å². The number of aryl methyl sites for hydroxylation is 2. The molecule has 4 aromatic carbocycles. The van der Waals surface area contributed by atoms with E-state index in [-0.39, 0.29) is 73.8 Å². The van der Waals surface area contributed by atoms with Gasteiger partial charge in [0.25, 0.3) is 11.8 Å². The summed E-state index contributed by atoms with van der Waals surface area (Å²) in [5.74, 6) is -0.0822. The molecule has 5 amide bonds. The quantitative estimate of drug-likeness (QED) is 0.0115. The molecule has 716 valence electrons. The number of carbonyl (C=O) groups excluding carboxylic acids is 5. The number of nitrogens with zero attached hydrogens (tertiary/aromatic N) is 12. The molecule has 2 saturated heterocycles. The summed E-state index contributed by atoms with van der Waals surface area (Å²) in [5, 5.41) is 13.5. The Hall–Kier alpha value is -10.4. The van der Waals surface area contributed by atoms with Gasteiger partial charge in [-0.1, -0.05) is 59.8 Å². The van der Waals surface area contributed by atoms with E-state index in [1.54, 1.807) is 137 Å². The molecule has 10 rings (SSSR count). The molecule has 0 bridgehead atoms. The van der Waals surface area contributed by atoms with Crippen LogP contribution in [0.15, 0.2) is 122 Å². The zero-order valence-electron chi connectivity index (χ0n) is 76.6. The predicted octanol–water partition coefficient (Wildman–Crippen LogP) is 20.1. The molecule has 2 aliphatic heterocycles. The highest BCUT2D eigenvalue weighted by molar-refractivity contribution is 9.08. The first kappa shape index (κ1) is 111. The van der Waals surface area contributed by atoms with Crippen LogP contribution in [-0.2, 0) is 78.3 Å². The van der Waals surface area contributed by atoms with Crippen molar-refractivity contribution in [3.63, 3.8) is 0 Å². The molecule has 2 aliphatic rings. The van der Waals surface area contributed by atoms with Crippen molar-refractivity contribution < 1.29 is 91.7 Å². The minimum atomic E-state index is -4.59. The van der Waals surface area contributed by atoms with Crippen LogP contribution in [0.2, 0.25) is 0 Å². The number of hydrogen-bond donors (Lipinski definition) is 6. The Morgan fingerprint density at radius 2 is 0.817 bits per heavy atom. The molecular formula is C90H123BrF6N18O14P2. The summed E-state index contributed by atoms with van der Waals surface area (Å²) >= 11 is 3.26. The second-order valence-electron chi connectivity index (χ2n) is 32.2. The van der Waals surface area contributed by atoms with Gasteiger partial charge in [0.05, 0.1) is 123 Å². The van der Waals surface area contributed by atoms with E-state index in [1.807, 2.05) is 70.7 Å². The standard InChI is InChI=1S/C32H37F3N6O3.C27H29F3N6O.C14H24N3O5P.C10H14BrN3O2.C6H15O3P.CH4/c1-21-6-10-25(16-22(21)9-11-26-18-37-28(19-36-26)39-30(43)44-31(2,3)4)38-29(42)23-7-8-24(27(17-23)32(33,34)35)20-41-14-12-40(5)13-15-41;1-18-3-7-22(13-19(18)6-8-23-15-33-25(31)16-32-23)34-26(37)20-4-5-21(24(14-20)27(28,29)30)17-36-11-9-35(2)10-12-36;1-6-20-23(19,21-7-2)10-11-8-16-12(9-15-11)17-13(18)22-14(3,4)5;1-10(2,3)16-9(15)14-8-6-12-7(4-11)5-13-8;1-4-7-10(8-5-2)9-6-3;/h6-11,16-19H,12-15,20H2,1-5H3,(H,38,42)(H,37,39,43);3-8,13-16H,9-12,17H2,1-2H3,(H2,31,33)(H,34,37);8-9H,6-7,10H2,1-5H3,(H,16,17,18);5-6H,4H2,1-3H3,(H,13,14,15);4-6H2,1-3H3;1H4/b11-9+;8-6+;;;;. The topological polar surface area (TPSA) is 379 Å². The van der Waals surface area contributed by atoms with E-state index in [0.717, 1.165) is 66.3 Å². The van der Waals surface area contributed by atoms with E-state index < -0.39 is 86.6 Å². The second kappa shape index (κ2) is 53.3. The van der Waals surface area contributed by atoms with Crippen molar-refractivity contribution in [2.24, 2.45) is 0 Å². The Balaban J connectivity index is 0.000000313. The van der Waals surface area contributed by atoms with Crippen LogP contribution >= 0.6 is 32.1 Å². The fourth-order valence-electron chi connectivity index (χ4n) is 11.6. The van der Waals surface area contributed by atoms with Gasteiger partial charge in [-0.3, -0.25) is 59.8 Å². The number of piperazine rings is 2. The molecule has 0 spiro atoms. The van der Waals surface area contributed by atoms with E-state index in [9.17, 15) is 54.9 Å². The monoisotopic (exact) mass is 1930 g/mol. The maximum Gasteiger partial charge on any atom is 0.416 e. The first-order valence-corrected chi connectivity index (χ1v) is 45.7. The number of aromatic nitrogens is 8. The van der Waals surface area contributed by atoms with Crippen molar-refractivity contribution in [3.8, 4) is 0 Å². The summed E-state index contributed by atoms with van der Waals surface area (Å²) in [6.07, 6.45) is 7.88. The molecule has 0 atom stereocenters. The van der Waals surface area contributed by atoms with Gasteiger partial charge in [0, 0.05) is 93.3 Å². The lowest BCUT2D eigenvalue weighted by molar-refractivity contribution is -0.139. The highest BCUT2D eigenvalue weighted by atomic mass is 79.9. The Kier molecular flexibility index (Phi) is 45.2. The molecular weight excluding hydrogens is 1810 g/mol. The van der Waals surface area contributed by atoms with Crippen LogP contribution in [0.4, 0.5) is 75.4 Å². The molecule has 0 radical (unpaired) electrons. The molecule has 4 aromatic heterocycles. The van der Waals surface area contributed by atoms with Gasteiger partial charge in [-0.25, -0.2) is 34.3 Å². The average molecular weight is 1940 g/mol. The fourth-order valence-corrected chi connectivity index (χ4v) is 14.3. The Morgan fingerprint density at radius 3 is 1.13 bits per heavy atom. The van der Waals surface area contributed by atoms with E-state index in [0.29, 0.717) is 91.4 Å². The normalized spacial score (nSPS) is 13.6. The summed E-state index contributed by atoms with van der Waals surface area (Å²) in [6, 6.07) is 18.1. The van der Waals surface area contributed by atoms with Gasteiger partial charge < -0.3 is 63.0 Å². The van der Waals surface area contributed by atoms with Crippen LogP contribution in [0.3, 0.4) is 0 Å². The van der Waals surface area contributed by atoms with Crippen molar-refractivity contribution in [3.05, 3.63) is 201 Å². The summed E-state index contributed by atoms with van der Waals surface area (Å²) < 4.78 is 137. The number of ether oxygens (including phenoxy) is 3. The number of nitrogens with two attached hydrogens (primary N) is 1. The summed E-state index contributed by atoms with van der Waals surface area (Å²) in [7, 11) is -0.306. The zero-order chi connectivity index (χ0) is 96.2. The lowest BCUT2D eigenvalue weighted by Crippen LogP contribution is -2.44. The first-order valence-electron chi connectivity index (χ1n) is 41.7. The molecule has 7 N–H and O–H groups in total. The zero-order valence-corrected chi connectivity index (χ0v) is 80.0. The minimum Gasteiger partial charge on any atom is -0.444 e. The van der Waals surface area contributed by atoms with Gasteiger partial charge in [0.15, 0.2) is 17.5 Å². The highest BCUT2D eigenvalue weighted by Crippen LogP contribution is 2.51. The number of amides is 5. The molecule has 0 unspecified atom stereocenters. The van der Waals surface area contributed by atoms with Crippen LogP contribution in [0.5, 0.6) is 0 Å². The summed E-state index contributed by atoms with van der Waals surface area (Å²) in [5.41, 5.74) is 9.11. The molecule has 0 saturated carbocycles. The predicted molar refractivity (Wildman–Crippen MR) is 502 cm³/mol. The van der Waals surface area contributed by atoms with Crippen LogP contribution in [0, 0.1) is 13.8 Å². The lowest BCUT2D eigenvalue weighted by Gasteiger charge is -2.33. The molecule has 0 aliphatic carbocycles.